The normalized spacial score (nSPS) is 10.6. The van der Waals surface area contributed by atoms with Crippen LogP contribution in [-0.4, -0.2) is 32.1 Å². The number of benzene rings is 2. The van der Waals surface area contributed by atoms with Crippen LogP contribution >= 0.6 is 0 Å². The first-order valence-electron chi connectivity index (χ1n) is 8.66. The molecule has 3 rings (SSSR count). The van der Waals surface area contributed by atoms with E-state index >= 15 is 0 Å². The van der Waals surface area contributed by atoms with Crippen LogP contribution in [0.1, 0.15) is 23.0 Å². The van der Waals surface area contributed by atoms with Crippen LogP contribution in [-0.2, 0) is 9.53 Å². The fraction of sp³-hybridized carbons (Fsp3) is 0.238. The first-order valence-corrected chi connectivity index (χ1v) is 8.66. The molecule has 2 aromatic carbocycles. The highest BCUT2D eigenvalue weighted by Gasteiger charge is 2.21. The van der Waals surface area contributed by atoms with Gasteiger partial charge in [0.05, 0.1) is 6.61 Å². The van der Waals surface area contributed by atoms with Crippen molar-refractivity contribution in [2.75, 3.05) is 25.2 Å². The summed E-state index contributed by atoms with van der Waals surface area (Å²) in [6.45, 7) is 3.86. The minimum Gasteiger partial charge on any atom is -0.494 e. The maximum Gasteiger partial charge on any atom is 0.375 e. The lowest BCUT2D eigenvalue weighted by Gasteiger charge is -2.16. The van der Waals surface area contributed by atoms with E-state index in [9.17, 15) is 9.59 Å². The topological polar surface area (TPSA) is 69.0 Å². The molecule has 1 aromatic heterocycles. The van der Waals surface area contributed by atoms with E-state index in [-0.39, 0.29) is 18.3 Å². The summed E-state index contributed by atoms with van der Waals surface area (Å²) in [6, 6.07) is 14.5. The molecule has 3 aromatic rings. The SMILES string of the molecule is CCOc1ccc2oc(C(=O)OCC(=O)N(C)c3ccccc3)c(C)c2c1. The molecule has 27 heavy (non-hydrogen) atoms. The zero-order chi connectivity index (χ0) is 19.4. The van der Waals surface area contributed by atoms with Crippen LogP contribution in [0.2, 0.25) is 0 Å². The molecule has 1 amide bonds. The Morgan fingerprint density at radius 1 is 1.11 bits per heavy atom. The fourth-order valence-electron chi connectivity index (χ4n) is 2.74. The van der Waals surface area contributed by atoms with Crippen molar-refractivity contribution in [3.63, 3.8) is 0 Å². The minimum absolute atomic E-state index is 0.0915. The van der Waals surface area contributed by atoms with E-state index in [4.69, 9.17) is 13.9 Å². The number of rotatable bonds is 6. The molecule has 0 aliphatic rings. The van der Waals surface area contributed by atoms with E-state index in [0.717, 1.165) is 11.1 Å². The largest absolute Gasteiger partial charge is 0.494 e. The van der Waals surface area contributed by atoms with E-state index in [0.29, 0.717) is 23.5 Å². The van der Waals surface area contributed by atoms with Crippen LogP contribution in [0.3, 0.4) is 0 Å². The Morgan fingerprint density at radius 2 is 1.85 bits per heavy atom. The predicted octanol–water partition coefficient (Wildman–Crippen LogP) is 3.96. The van der Waals surface area contributed by atoms with Crippen molar-refractivity contribution in [1.29, 1.82) is 0 Å². The Labute approximate surface area is 157 Å². The quantitative estimate of drug-likeness (QED) is 0.617. The van der Waals surface area contributed by atoms with E-state index in [2.05, 4.69) is 0 Å². The molecule has 1 heterocycles. The average Bonchev–Trinajstić information content (AvgIpc) is 3.02. The highest BCUT2D eigenvalue weighted by Crippen LogP contribution is 2.29. The zero-order valence-electron chi connectivity index (χ0n) is 15.5. The molecule has 0 saturated heterocycles. The summed E-state index contributed by atoms with van der Waals surface area (Å²) in [7, 11) is 1.63. The number of likely N-dealkylation sites (N-methyl/N-ethyl adjacent to an activating group) is 1. The van der Waals surface area contributed by atoms with Crippen LogP contribution in [0.4, 0.5) is 5.69 Å². The molecule has 0 aliphatic carbocycles. The van der Waals surface area contributed by atoms with Gasteiger partial charge in [-0.3, -0.25) is 4.79 Å². The number of nitrogens with zero attached hydrogens (tertiary/aromatic N) is 1. The van der Waals surface area contributed by atoms with Gasteiger partial charge in [-0.25, -0.2) is 4.79 Å². The van der Waals surface area contributed by atoms with Gasteiger partial charge >= 0.3 is 5.97 Å². The summed E-state index contributed by atoms with van der Waals surface area (Å²) >= 11 is 0. The van der Waals surface area contributed by atoms with Gasteiger partial charge in [0.25, 0.3) is 5.91 Å². The van der Waals surface area contributed by atoms with Gasteiger partial charge in [0.15, 0.2) is 6.61 Å². The third kappa shape index (κ3) is 3.95. The Hall–Kier alpha value is -3.28. The van der Waals surface area contributed by atoms with E-state index in [1.54, 1.807) is 38.2 Å². The van der Waals surface area contributed by atoms with Gasteiger partial charge in [0.2, 0.25) is 5.76 Å². The highest BCUT2D eigenvalue weighted by molar-refractivity contribution is 5.99. The van der Waals surface area contributed by atoms with Gasteiger partial charge in [-0.05, 0) is 44.2 Å². The molecule has 0 radical (unpaired) electrons. The van der Waals surface area contributed by atoms with Crippen LogP contribution < -0.4 is 9.64 Å². The number of anilines is 1. The molecule has 0 saturated carbocycles. The molecular formula is C21H21NO5. The van der Waals surface area contributed by atoms with Crippen LogP contribution in [0, 0.1) is 6.92 Å². The maximum atomic E-state index is 12.4. The number of para-hydroxylation sites is 1. The lowest BCUT2D eigenvalue weighted by Crippen LogP contribution is -2.31. The van der Waals surface area contributed by atoms with Gasteiger partial charge in [0.1, 0.15) is 11.3 Å². The fourth-order valence-corrected chi connectivity index (χ4v) is 2.74. The second-order valence-electron chi connectivity index (χ2n) is 6.01. The average molecular weight is 367 g/mol. The molecule has 0 unspecified atom stereocenters. The zero-order valence-corrected chi connectivity index (χ0v) is 15.5. The van der Waals surface area contributed by atoms with Gasteiger partial charge < -0.3 is 18.8 Å². The Kier molecular flexibility index (Phi) is 5.45. The number of carbonyl (C=O) groups excluding carboxylic acids is 2. The smallest absolute Gasteiger partial charge is 0.375 e. The monoisotopic (exact) mass is 367 g/mol. The van der Waals surface area contributed by atoms with E-state index < -0.39 is 5.97 Å². The number of hydrogen-bond acceptors (Lipinski definition) is 5. The summed E-state index contributed by atoms with van der Waals surface area (Å²) in [5.41, 5.74) is 1.94. The molecule has 140 valence electrons. The molecular weight excluding hydrogens is 346 g/mol. The predicted molar refractivity (Wildman–Crippen MR) is 102 cm³/mol. The van der Waals surface area contributed by atoms with Crippen molar-refractivity contribution < 1.29 is 23.5 Å². The number of furan rings is 1. The minimum atomic E-state index is -0.670. The van der Waals surface area contributed by atoms with Crippen molar-refractivity contribution in [2.24, 2.45) is 0 Å². The molecule has 6 nitrogen and oxygen atoms in total. The molecule has 0 spiro atoms. The van der Waals surface area contributed by atoms with Gasteiger partial charge in [-0.15, -0.1) is 0 Å². The third-order valence-electron chi connectivity index (χ3n) is 4.25. The first kappa shape index (κ1) is 18.5. The number of ether oxygens (including phenoxy) is 2. The number of esters is 1. The molecule has 6 heteroatoms. The Morgan fingerprint density at radius 3 is 2.56 bits per heavy atom. The maximum absolute atomic E-state index is 12.4. The summed E-state index contributed by atoms with van der Waals surface area (Å²) < 4.78 is 16.3. The van der Waals surface area contributed by atoms with Gasteiger partial charge in [0, 0.05) is 23.7 Å². The van der Waals surface area contributed by atoms with E-state index in [1.165, 1.54) is 4.90 Å². The van der Waals surface area contributed by atoms with Crippen LogP contribution in [0.15, 0.2) is 52.9 Å². The summed E-state index contributed by atoms with van der Waals surface area (Å²) in [5, 5.41) is 0.778. The molecule has 0 atom stereocenters. The number of aryl methyl sites for hydroxylation is 1. The summed E-state index contributed by atoms with van der Waals surface area (Å²) in [4.78, 5) is 26.1. The second kappa shape index (κ2) is 7.95. The lowest BCUT2D eigenvalue weighted by molar-refractivity contribution is -0.121. The molecule has 0 N–H and O–H groups in total. The number of hydrogen-bond donors (Lipinski definition) is 0. The summed E-state index contributed by atoms with van der Waals surface area (Å²) in [5.74, 6) is -0.208. The van der Waals surface area contributed by atoms with Crippen LogP contribution in [0.5, 0.6) is 5.75 Å². The number of carbonyl (C=O) groups is 2. The lowest BCUT2D eigenvalue weighted by atomic mass is 10.1. The Bertz CT molecular complexity index is 961. The van der Waals surface area contributed by atoms with Crippen molar-refractivity contribution in [2.45, 2.75) is 13.8 Å². The van der Waals surface area contributed by atoms with Crippen molar-refractivity contribution in [1.82, 2.24) is 0 Å². The Balaban J connectivity index is 1.71. The van der Waals surface area contributed by atoms with Crippen molar-refractivity contribution >= 4 is 28.5 Å². The van der Waals surface area contributed by atoms with Gasteiger partial charge in [-0.2, -0.15) is 0 Å². The van der Waals surface area contributed by atoms with Crippen molar-refractivity contribution in [3.05, 3.63) is 59.9 Å². The number of fused-ring (bicyclic) bond motifs is 1. The van der Waals surface area contributed by atoms with Crippen molar-refractivity contribution in [3.8, 4) is 5.75 Å². The summed E-state index contributed by atoms with van der Waals surface area (Å²) in [6.07, 6.45) is 0. The standard InChI is InChI=1S/C21H21NO5/c1-4-25-16-10-11-18-17(12-16)14(2)20(27-18)21(24)26-13-19(23)22(3)15-8-6-5-7-9-15/h5-12H,4,13H2,1-3H3. The van der Waals surface area contributed by atoms with E-state index in [1.807, 2.05) is 31.2 Å². The second-order valence-corrected chi connectivity index (χ2v) is 6.01. The van der Waals surface area contributed by atoms with Crippen LogP contribution in [0.25, 0.3) is 11.0 Å². The molecule has 0 fully saturated rings. The first-order chi connectivity index (χ1) is 13.0. The highest BCUT2D eigenvalue weighted by atomic mass is 16.5. The molecule has 0 aliphatic heterocycles. The van der Waals surface area contributed by atoms with Gasteiger partial charge in [-0.1, -0.05) is 18.2 Å². The number of amides is 1. The third-order valence-corrected chi connectivity index (χ3v) is 4.25. The molecule has 0 bridgehead atoms.